The van der Waals surface area contributed by atoms with Gasteiger partial charge < -0.3 is 9.64 Å². The number of carbonyl (C=O) groups is 3. The number of ether oxygens (including phenoxy) is 1. The fraction of sp³-hybridized carbons (Fsp3) is 0.679. The Balaban J connectivity index is 1.50. The van der Waals surface area contributed by atoms with Crippen LogP contribution in [0.15, 0.2) is 24.3 Å². The Morgan fingerprint density at radius 3 is 2.29 bits per heavy atom. The van der Waals surface area contributed by atoms with E-state index in [2.05, 4.69) is 18.7 Å². The van der Waals surface area contributed by atoms with Gasteiger partial charge in [0.05, 0.1) is 12.5 Å². The number of methoxy groups -OCH3 is 1. The Bertz CT molecular complexity index is 901. The monoisotopic (exact) mass is 483 g/mol. The molecule has 2 saturated heterocycles. The molecule has 3 aliphatic rings. The molecule has 2 heterocycles. The first-order chi connectivity index (χ1) is 16.8. The third-order valence-corrected chi connectivity index (χ3v) is 8.19. The van der Waals surface area contributed by atoms with Gasteiger partial charge in [0, 0.05) is 51.6 Å². The van der Waals surface area contributed by atoms with E-state index in [0.717, 1.165) is 25.1 Å². The standard InChI is InChI=1S/C28H41N3O4/c1-21(2)13-14-31-26(33)20-28(27(31)34,22-9-11-24(35-3)12-10-22)19-25(32)30-17-15-29(16-18-30)23-7-5-4-6-8-23/h9-12,21,23H,4-8,13-20H2,1-3H3. The molecular formula is C28H41N3O4. The normalized spacial score (nSPS) is 24.5. The van der Waals surface area contributed by atoms with Crippen LogP contribution in [0.3, 0.4) is 0 Å². The predicted molar refractivity (Wildman–Crippen MR) is 135 cm³/mol. The van der Waals surface area contributed by atoms with Crippen molar-refractivity contribution in [1.82, 2.24) is 14.7 Å². The van der Waals surface area contributed by atoms with Crippen molar-refractivity contribution in [3.8, 4) is 5.75 Å². The summed E-state index contributed by atoms with van der Waals surface area (Å²) in [5, 5.41) is 0. The van der Waals surface area contributed by atoms with E-state index in [-0.39, 0.29) is 30.6 Å². The van der Waals surface area contributed by atoms with E-state index in [9.17, 15) is 14.4 Å². The third-order valence-electron chi connectivity index (χ3n) is 8.19. The summed E-state index contributed by atoms with van der Waals surface area (Å²) in [5.41, 5.74) is -0.421. The summed E-state index contributed by atoms with van der Waals surface area (Å²) in [4.78, 5) is 46.2. The molecule has 0 radical (unpaired) electrons. The van der Waals surface area contributed by atoms with Crippen molar-refractivity contribution in [1.29, 1.82) is 0 Å². The van der Waals surface area contributed by atoms with Crippen molar-refractivity contribution < 1.29 is 19.1 Å². The minimum atomic E-state index is -1.14. The first-order valence-electron chi connectivity index (χ1n) is 13.3. The van der Waals surface area contributed by atoms with E-state index in [4.69, 9.17) is 4.74 Å². The fourth-order valence-corrected chi connectivity index (χ4v) is 5.94. The van der Waals surface area contributed by atoms with E-state index in [1.54, 1.807) is 19.2 Å². The van der Waals surface area contributed by atoms with E-state index in [0.29, 0.717) is 37.3 Å². The van der Waals surface area contributed by atoms with Gasteiger partial charge >= 0.3 is 0 Å². The molecular weight excluding hydrogens is 442 g/mol. The molecule has 1 aromatic rings. The number of rotatable bonds is 8. The molecule has 0 spiro atoms. The van der Waals surface area contributed by atoms with Gasteiger partial charge in [-0.15, -0.1) is 0 Å². The van der Waals surface area contributed by atoms with Crippen LogP contribution in [0.1, 0.15) is 70.8 Å². The van der Waals surface area contributed by atoms with Crippen LogP contribution in [0.5, 0.6) is 5.75 Å². The van der Waals surface area contributed by atoms with E-state index in [1.165, 1.54) is 37.0 Å². The molecule has 35 heavy (non-hydrogen) atoms. The Morgan fingerprint density at radius 1 is 1.03 bits per heavy atom. The highest BCUT2D eigenvalue weighted by Gasteiger charge is 2.54. The molecule has 3 fully saturated rings. The molecule has 1 aliphatic carbocycles. The number of hydrogen-bond acceptors (Lipinski definition) is 5. The highest BCUT2D eigenvalue weighted by atomic mass is 16.5. The SMILES string of the molecule is COc1ccc(C2(CC(=O)N3CCN(C4CCCCC4)CC3)CC(=O)N(CCC(C)C)C2=O)cc1. The van der Waals surface area contributed by atoms with Crippen molar-refractivity contribution in [2.24, 2.45) is 5.92 Å². The Labute approximate surface area is 209 Å². The van der Waals surface area contributed by atoms with Crippen molar-refractivity contribution in [2.45, 2.75) is 76.7 Å². The smallest absolute Gasteiger partial charge is 0.240 e. The molecule has 4 rings (SSSR count). The zero-order valence-corrected chi connectivity index (χ0v) is 21.6. The number of piperazine rings is 1. The molecule has 1 atom stereocenters. The molecule has 7 heteroatoms. The maximum absolute atomic E-state index is 13.8. The number of imide groups is 1. The fourth-order valence-electron chi connectivity index (χ4n) is 5.94. The van der Waals surface area contributed by atoms with Gasteiger partial charge in [-0.05, 0) is 42.9 Å². The minimum Gasteiger partial charge on any atom is -0.497 e. The zero-order chi connectivity index (χ0) is 25.0. The summed E-state index contributed by atoms with van der Waals surface area (Å²) in [5.74, 6) is 0.621. The summed E-state index contributed by atoms with van der Waals surface area (Å²) in [7, 11) is 1.60. The lowest BCUT2D eigenvalue weighted by Crippen LogP contribution is -2.53. The molecule has 1 saturated carbocycles. The maximum Gasteiger partial charge on any atom is 0.240 e. The highest BCUT2D eigenvalue weighted by Crippen LogP contribution is 2.41. The van der Waals surface area contributed by atoms with Gasteiger partial charge in [0.2, 0.25) is 17.7 Å². The van der Waals surface area contributed by atoms with Gasteiger partial charge in [0.25, 0.3) is 0 Å². The number of amides is 3. The van der Waals surface area contributed by atoms with Gasteiger partial charge in [-0.2, -0.15) is 0 Å². The van der Waals surface area contributed by atoms with Gasteiger partial charge in [-0.25, -0.2) is 0 Å². The number of likely N-dealkylation sites (tertiary alicyclic amines) is 1. The first kappa shape index (κ1) is 25.7. The second-order valence-electron chi connectivity index (χ2n) is 10.9. The third kappa shape index (κ3) is 5.55. The second-order valence-corrected chi connectivity index (χ2v) is 10.9. The lowest BCUT2D eigenvalue weighted by molar-refractivity contribution is -0.143. The van der Waals surface area contributed by atoms with Crippen LogP contribution in [0, 0.1) is 5.92 Å². The zero-order valence-electron chi connectivity index (χ0n) is 21.6. The molecule has 0 aromatic heterocycles. The van der Waals surface area contributed by atoms with Crippen molar-refractivity contribution >= 4 is 17.7 Å². The maximum atomic E-state index is 13.8. The number of hydrogen-bond donors (Lipinski definition) is 0. The van der Waals surface area contributed by atoms with Crippen LogP contribution < -0.4 is 4.74 Å². The topological polar surface area (TPSA) is 70.2 Å². The van der Waals surface area contributed by atoms with Gasteiger partial charge in [0.1, 0.15) is 5.75 Å². The molecule has 1 unspecified atom stereocenters. The Kier molecular flexibility index (Phi) is 8.15. The molecule has 1 aromatic carbocycles. The molecule has 2 aliphatic heterocycles. The van der Waals surface area contributed by atoms with Crippen molar-refractivity contribution in [3.05, 3.63) is 29.8 Å². The van der Waals surface area contributed by atoms with E-state index >= 15 is 0 Å². The van der Waals surface area contributed by atoms with Gasteiger partial charge in [-0.1, -0.05) is 45.2 Å². The highest BCUT2D eigenvalue weighted by molar-refractivity contribution is 6.10. The molecule has 192 valence electrons. The molecule has 0 N–H and O–H groups in total. The van der Waals surface area contributed by atoms with E-state index in [1.807, 2.05) is 17.0 Å². The van der Waals surface area contributed by atoms with Crippen LogP contribution in [0.4, 0.5) is 0 Å². The largest absolute Gasteiger partial charge is 0.497 e. The second kappa shape index (κ2) is 11.1. The van der Waals surface area contributed by atoms with Gasteiger partial charge in [0.15, 0.2) is 0 Å². The summed E-state index contributed by atoms with van der Waals surface area (Å²) >= 11 is 0. The van der Waals surface area contributed by atoms with Crippen LogP contribution in [0.25, 0.3) is 0 Å². The minimum absolute atomic E-state index is 0.0315. The Morgan fingerprint density at radius 2 is 1.69 bits per heavy atom. The Hall–Kier alpha value is -2.41. The number of nitrogens with zero attached hydrogens (tertiary/aromatic N) is 3. The summed E-state index contributed by atoms with van der Waals surface area (Å²) in [6.45, 7) is 7.72. The van der Waals surface area contributed by atoms with Gasteiger partial charge in [-0.3, -0.25) is 24.2 Å². The summed E-state index contributed by atoms with van der Waals surface area (Å²) < 4.78 is 5.29. The molecule has 3 amide bonds. The van der Waals surface area contributed by atoms with Crippen LogP contribution in [0.2, 0.25) is 0 Å². The van der Waals surface area contributed by atoms with E-state index < -0.39 is 5.41 Å². The quantitative estimate of drug-likeness (QED) is 0.529. The molecule has 0 bridgehead atoms. The average molecular weight is 484 g/mol. The van der Waals surface area contributed by atoms with Crippen LogP contribution in [-0.4, -0.2) is 78.3 Å². The lowest BCUT2D eigenvalue weighted by Gasteiger charge is -2.41. The summed E-state index contributed by atoms with van der Waals surface area (Å²) in [6, 6.07) is 7.93. The summed E-state index contributed by atoms with van der Waals surface area (Å²) in [6.07, 6.45) is 7.30. The number of carbonyl (C=O) groups excluding carboxylic acids is 3. The van der Waals surface area contributed by atoms with Crippen LogP contribution in [-0.2, 0) is 19.8 Å². The average Bonchev–Trinajstić information content (AvgIpc) is 3.12. The van der Waals surface area contributed by atoms with Crippen molar-refractivity contribution in [3.63, 3.8) is 0 Å². The van der Waals surface area contributed by atoms with Crippen molar-refractivity contribution in [2.75, 3.05) is 39.8 Å². The lowest BCUT2D eigenvalue weighted by atomic mass is 9.75. The molecule has 7 nitrogen and oxygen atoms in total. The first-order valence-corrected chi connectivity index (χ1v) is 13.3. The predicted octanol–water partition coefficient (Wildman–Crippen LogP) is 3.61. The number of benzene rings is 1. The van der Waals surface area contributed by atoms with Crippen LogP contribution >= 0.6 is 0 Å².